The summed E-state index contributed by atoms with van der Waals surface area (Å²) in [7, 11) is 0. The van der Waals surface area contributed by atoms with Crippen molar-refractivity contribution in [3.05, 3.63) is 46.8 Å². The minimum Gasteiger partial charge on any atom is -0.480 e. The molecule has 1 amide bonds. The summed E-state index contributed by atoms with van der Waals surface area (Å²) in [5.41, 5.74) is 1.30. The summed E-state index contributed by atoms with van der Waals surface area (Å²) in [6.07, 6.45) is 1.92. The number of halogens is 2. The fourth-order valence-electron chi connectivity index (χ4n) is 3.20. The molecule has 0 aliphatic heterocycles. The van der Waals surface area contributed by atoms with Gasteiger partial charge in [0.25, 0.3) is 5.91 Å². The molecule has 2 aromatic rings. The molecule has 0 bridgehead atoms. The van der Waals surface area contributed by atoms with Crippen molar-refractivity contribution in [2.75, 3.05) is 0 Å². The molecule has 26 heavy (non-hydrogen) atoms. The Bertz CT molecular complexity index is 877. The minimum absolute atomic E-state index is 0.0630. The number of hydrogen-bond acceptors (Lipinski definition) is 3. The van der Waals surface area contributed by atoms with Gasteiger partial charge < -0.3 is 10.4 Å². The second kappa shape index (κ2) is 6.86. The van der Waals surface area contributed by atoms with Crippen LogP contribution in [0.3, 0.4) is 0 Å². The normalized spacial score (nSPS) is 14.3. The molecule has 0 spiro atoms. The van der Waals surface area contributed by atoms with Crippen molar-refractivity contribution in [2.24, 2.45) is 5.92 Å². The zero-order valence-corrected chi connectivity index (χ0v) is 14.4. The number of carboxylic acid groups (broad SMARTS) is 1. The number of fused-ring (bicyclic) bond motifs is 1. The van der Waals surface area contributed by atoms with E-state index in [1.54, 1.807) is 13.8 Å². The molecule has 6 nitrogen and oxygen atoms in total. The SMILES string of the molecule is CC(C)C(NC(=O)c1nn(-c2cccc(F)c2F)c2c1CCC2)C(=O)O. The average Bonchev–Trinajstić information content (AvgIpc) is 3.17. The van der Waals surface area contributed by atoms with E-state index in [1.807, 2.05) is 0 Å². The van der Waals surface area contributed by atoms with Gasteiger partial charge in [-0.1, -0.05) is 19.9 Å². The van der Waals surface area contributed by atoms with Crippen LogP contribution in [0.15, 0.2) is 18.2 Å². The highest BCUT2D eigenvalue weighted by Gasteiger charge is 2.31. The zero-order chi connectivity index (χ0) is 19.0. The number of carbonyl (C=O) groups is 2. The summed E-state index contributed by atoms with van der Waals surface area (Å²) in [6.45, 7) is 3.37. The highest BCUT2D eigenvalue weighted by Crippen LogP contribution is 2.29. The maximum absolute atomic E-state index is 14.2. The molecule has 0 saturated carbocycles. The molecule has 1 aromatic heterocycles. The Labute approximate surface area is 148 Å². The number of amides is 1. The summed E-state index contributed by atoms with van der Waals surface area (Å²) in [5.74, 6) is -4.11. The Hall–Kier alpha value is -2.77. The predicted octanol–water partition coefficient (Wildman–Crippen LogP) is 2.48. The van der Waals surface area contributed by atoms with Crippen LogP contribution in [0, 0.1) is 17.6 Å². The molecule has 0 saturated heterocycles. The van der Waals surface area contributed by atoms with Crippen molar-refractivity contribution in [3.8, 4) is 5.69 Å². The minimum atomic E-state index is -1.14. The first-order valence-corrected chi connectivity index (χ1v) is 8.40. The maximum atomic E-state index is 14.2. The third-order valence-electron chi connectivity index (χ3n) is 4.52. The lowest BCUT2D eigenvalue weighted by Crippen LogP contribution is -2.44. The van der Waals surface area contributed by atoms with Gasteiger partial charge >= 0.3 is 5.97 Å². The van der Waals surface area contributed by atoms with Gasteiger partial charge in [0.1, 0.15) is 11.7 Å². The molecule has 3 rings (SSSR count). The third-order valence-corrected chi connectivity index (χ3v) is 4.52. The van der Waals surface area contributed by atoms with Gasteiger partial charge in [-0.25, -0.2) is 18.3 Å². The Balaban J connectivity index is 2.01. The second-order valence-corrected chi connectivity index (χ2v) is 6.65. The van der Waals surface area contributed by atoms with E-state index < -0.39 is 29.6 Å². The van der Waals surface area contributed by atoms with Gasteiger partial charge in [0.15, 0.2) is 17.3 Å². The number of benzene rings is 1. The van der Waals surface area contributed by atoms with E-state index in [0.29, 0.717) is 24.1 Å². The zero-order valence-electron chi connectivity index (χ0n) is 14.4. The maximum Gasteiger partial charge on any atom is 0.326 e. The first kappa shape index (κ1) is 18.0. The standard InChI is InChI=1S/C18H19F2N3O3/c1-9(2)15(18(25)26)21-17(24)16-10-5-3-7-12(10)23(22-16)13-8-4-6-11(19)14(13)20/h4,6,8-9,15H,3,5,7H2,1-2H3,(H,21,24)(H,25,26). The van der Waals surface area contributed by atoms with Gasteiger partial charge in [-0.3, -0.25) is 4.79 Å². The predicted molar refractivity (Wildman–Crippen MR) is 89.2 cm³/mol. The molecular formula is C18H19F2N3O3. The van der Waals surface area contributed by atoms with E-state index in [0.717, 1.165) is 12.5 Å². The summed E-state index contributed by atoms with van der Waals surface area (Å²) in [4.78, 5) is 23.9. The van der Waals surface area contributed by atoms with E-state index in [-0.39, 0.29) is 17.3 Å². The number of aromatic nitrogens is 2. The third kappa shape index (κ3) is 3.07. The van der Waals surface area contributed by atoms with Crippen LogP contribution in [-0.4, -0.2) is 32.8 Å². The molecule has 1 aliphatic carbocycles. The number of nitrogens with one attached hydrogen (secondary N) is 1. The first-order valence-electron chi connectivity index (χ1n) is 8.40. The van der Waals surface area contributed by atoms with E-state index in [1.165, 1.54) is 16.8 Å². The molecule has 1 unspecified atom stereocenters. The molecule has 1 heterocycles. The number of hydrogen-bond donors (Lipinski definition) is 2. The summed E-state index contributed by atoms with van der Waals surface area (Å²) >= 11 is 0. The van der Waals surface area contributed by atoms with Crippen molar-refractivity contribution >= 4 is 11.9 Å². The van der Waals surface area contributed by atoms with Crippen LogP contribution in [0.1, 0.15) is 42.0 Å². The van der Waals surface area contributed by atoms with Gasteiger partial charge in [-0.05, 0) is 37.3 Å². The van der Waals surface area contributed by atoms with Crippen LogP contribution in [0.25, 0.3) is 5.69 Å². The Morgan fingerprint density at radius 3 is 2.65 bits per heavy atom. The van der Waals surface area contributed by atoms with Crippen molar-refractivity contribution < 1.29 is 23.5 Å². The lowest BCUT2D eigenvalue weighted by atomic mass is 10.0. The van der Waals surface area contributed by atoms with Gasteiger partial charge in [0.05, 0.1) is 0 Å². The van der Waals surface area contributed by atoms with E-state index in [9.17, 15) is 23.5 Å². The summed E-state index contributed by atoms with van der Waals surface area (Å²) < 4.78 is 29.0. The van der Waals surface area contributed by atoms with Crippen LogP contribution >= 0.6 is 0 Å². The summed E-state index contributed by atoms with van der Waals surface area (Å²) in [6, 6.07) is 2.71. The molecule has 2 N–H and O–H groups in total. The van der Waals surface area contributed by atoms with Crippen molar-refractivity contribution in [2.45, 2.75) is 39.2 Å². The van der Waals surface area contributed by atoms with E-state index in [4.69, 9.17) is 0 Å². The highest BCUT2D eigenvalue weighted by atomic mass is 19.2. The van der Waals surface area contributed by atoms with Crippen LogP contribution < -0.4 is 5.32 Å². The highest BCUT2D eigenvalue weighted by molar-refractivity contribution is 5.96. The monoisotopic (exact) mass is 363 g/mol. The molecule has 138 valence electrons. The fraction of sp³-hybridized carbons (Fsp3) is 0.389. The lowest BCUT2D eigenvalue weighted by Gasteiger charge is -2.17. The number of rotatable bonds is 5. The molecule has 0 fully saturated rings. The van der Waals surface area contributed by atoms with Gasteiger partial charge in [-0.2, -0.15) is 5.10 Å². The van der Waals surface area contributed by atoms with Crippen LogP contribution in [0.2, 0.25) is 0 Å². The Morgan fingerprint density at radius 1 is 1.27 bits per heavy atom. The van der Waals surface area contributed by atoms with E-state index in [2.05, 4.69) is 10.4 Å². The van der Waals surface area contributed by atoms with Crippen molar-refractivity contribution in [3.63, 3.8) is 0 Å². The fourth-order valence-corrected chi connectivity index (χ4v) is 3.20. The Kier molecular flexibility index (Phi) is 4.76. The average molecular weight is 363 g/mol. The topological polar surface area (TPSA) is 84.2 Å². The first-order chi connectivity index (χ1) is 12.3. The summed E-state index contributed by atoms with van der Waals surface area (Å²) in [5, 5.41) is 15.9. The lowest BCUT2D eigenvalue weighted by molar-refractivity contribution is -0.140. The molecule has 1 atom stereocenters. The van der Waals surface area contributed by atoms with Crippen LogP contribution in [-0.2, 0) is 17.6 Å². The van der Waals surface area contributed by atoms with Crippen LogP contribution in [0.4, 0.5) is 8.78 Å². The van der Waals surface area contributed by atoms with E-state index >= 15 is 0 Å². The molecule has 0 radical (unpaired) electrons. The molecule has 1 aliphatic rings. The van der Waals surface area contributed by atoms with Gasteiger partial charge in [-0.15, -0.1) is 0 Å². The quantitative estimate of drug-likeness (QED) is 0.855. The largest absolute Gasteiger partial charge is 0.480 e. The molecular weight excluding hydrogens is 344 g/mol. The van der Waals surface area contributed by atoms with Crippen molar-refractivity contribution in [1.82, 2.24) is 15.1 Å². The number of aliphatic carboxylic acids is 1. The number of carboxylic acids is 1. The molecule has 1 aromatic carbocycles. The van der Waals surface area contributed by atoms with Gasteiger partial charge in [0, 0.05) is 11.3 Å². The smallest absolute Gasteiger partial charge is 0.326 e. The number of nitrogens with zero attached hydrogens (tertiary/aromatic N) is 2. The Morgan fingerprint density at radius 2 is 2.00 bits per heavy atom. The molecule has 8 heteroatoms. The van der Waals surface area contributed by atoms with Crippen LogP contribution in [0.5, 0.6) is 0 Å². The van der Waals surface area contributed by atoms with Crippen molar-refractivity contribution in [1.29, 1.82) is 0 Å². The number of carbonyl (C=O) groups excluding carboxylic acids is 1. The second-order valence-electron chi connectivity index (χ2n) is 6.65. The van der Waals surface area contributed by atoms with Gasteiger partial charge in [0.2, 0.25) is 0 Å².